The normalized spacial score (nSPS) is 8.52. The third-order valence-electron chi connectivity index (χ3n) is 3.08. The molecule has 3 aromatic rings. The lowest BCUT2D eigenvalue weighted by molar-refractivity contribution is 1.50. The van der Waals surface area contributed by atoms with Crippen molar-refractivity contribution in [2.24, 2.45) is 0 Å². The van der Waals surface area contributed by atoms with Gasteiger partial charge in [0.2, 0.25) is 0 Å². The molecule has 0 heterocycles. The van der Waals surface area contributed by atoms with Crippen LogP contribution in [0.1, 0.15) is 35.1 Å². The van der Waals surface area contributed by atoms with Crippen molar-refractivity contribution < 1.29 is 0 Å². The van der Waals surface area contributed by atoms with Crippen LogP contribution in [0.25, 0.3) is 22.3 Å². The third kappa shape index (κ3) is 6.12. The second kappa shape index (κ2) is 12.2. The van der Waals surface area contributed by atoms with Crippen LogP contribution in [0.5, 0.6) is 0 Å². The van der Waals surface area contributed by atoms with E-state index >= 15 is 0 Å². The molecule has 3 rings (SSSR count). The predicted octanol–water partition coefficient (Wildman–Crippen LogP) is 7.71. The van der Waals surface area contributed by atoms with E-state index < -0.39 is 0 Å². The molecule has 0 saturated carbocycles. The molecule has 0 aromatic heterocycles. The maximum absolute atomic E-state index is 2.24. The molecule has 0 nitrogen and oxygen atoms in total. The second-order valence-electron chi connectivity index (χ2n) is 4.31. The Morgan fingerprint density at radius 3 is 1.04 bits per heavy atom. The van der Waals surface area contributed by atoms with Crippen molar-refractivity contribution in [2.45, 2.75) is 35.1 Å². The van der Waals surface area contributed by atoms with Crippen molar-refractivity contribution in [3.8, 4) is 22.3 Å². The first-order valence-corrected chi connectivity index (χ1v) is 8.14. The Morgan fingerprint density at radius 1 is 0.391 bits per heavy atom. The van der Waals surface area contributed by atoms with Gasteiger partial charge in [0.15, 0.2) is 0 Å². The Balaban J connectivity index is 0.000000901. The van der Waals surface area contributed by atoms with Gasteiger partial charge >= 0.3 is 0 Å². The van der Waals surface area contributed by atoms with Crippen LogP contribution in [-0.2, 0) is 0 Å². The molecule has 0 amide bonds. The molecule has 3 aromatic carbocycles. The summed E-state index contributed by atoms with van der Waals surface area (Å²) < 4.78 is 0. The van der Waals surface area contributed by atoms with Crippen molar-refractivity contribution >= 4 is 0 Å². The van der Waals surface area contributed by atoms with Gasteiger partial charge < -0.3 is 0 Å². The minimum absolute atomic E-state index is 0. The van der Waals surface area contributed by atoms with Gasteiger partial charge in [-0.15, -0.1) is 0 Å². The quantitative estimate of drug-likeness (QED) is 0.455. The summed E-state index contributed by atoms with van der Waals surface area (Å²) in [6.07, 6.45) is 0. The fraction of sp³-hybridized carbons (Fsp3) is 0.217. The van der Waals surface area contributed by atoms with Gasteiger partial charge in [0.1, 0.15) is 0 Å². The largest absolute Gasteiger partial charge is 0.0776 e. The highest BCUT2D eigenvalue weighted by molar-refractivity contribution is 5.72. The summed E-state index contributed by atoms with van der Waals surface area (Å²) in [6.45, 7) is 8.00. The average molecular weight is 306 g/mol. The summed E-state index contributed by atoms with van der Waals surface area (Å²) in [7, 11) is 0. The van der Waals surface area contributed by atoms with E-state index in [1.54, 1.807) is 0 Å². The molecule has 0 spiro atoms. The number of rotatable bonds is 2. The maximum Gasteiger partial charge on any atom is -0.0178 e. The molecular weight excluding hydrogens is 276 g/mol. The van der Waals surface area contributed by atoms with E-state index in [0.717, 1.165) is 0 Å². The Bertz CT molecular complexity index is 570. The van der Waals surface area contributed by atoms with E-state index in [1.165, 1.54) is 22.3 Å². The third-order valence-corrected chi connectivity index (χ3v) is 3.08. The number of hydrogen-bond donors (Lipinski definition) is 0. The highest BCUT2D eigenvalue weighted by atomic mass is 14.0. The summed E-state index contributed by atoms with van der Waals surface area (Å²) in [5, 5.41) is 0. The van der Waals surface area contributed by atoms with Crippen molar-refractivity contribution in [1.29, 1.82) is 0 Å². The van der Waals surface area contributed by atoms with Crippen LogP contribution in [0.4, 0.5) is 0 Å². The van der Waals surface area contributed by atoms with E-state index in [1.807, 2.05) is 39.8 Å². The minimum atomic E-state index is 0. The summed E-state index contributed by atoms with van der Waals surface area (Å²) in [6, 6.07) is 29.6. The van der Waals surface area contributed by atoms with Gasteiger partial charge in [-0.2, -0.15) is 0 Å². The Kier molecular flexibility index (Phi) is 11.0. The zero-order chi connectivity index (χ0) is 16.2. The molecule has 0 unspecified atom stereocenters. The molecule has 0 bridgehead atoms. The standard InChI is InChI=1S/C18H14.2C2H6.CH4/c1-3-8-15(9-4-1)17-12-7-13-18(14-17)16-10-5-2-6-11-16;2*1-2;/h1-14H;2*1-2H3;1H4. The van der Waals surface area contributed by atoms with Crippen LogP contribution in [0, 0.1) is 0 Å². The summed E-state index contributed by atoms with van der Waals surface area (Å²) >= 11 is 0. The van der Waals surface area contributed by atoms with Crippen LogP contribution >= 0.6 is 0 Å². The van der Waals surface area contributed by atoms with E-state index in [-0.39, 0.29) is 7.43 Å². The number of benzene rings is 3. The van der Waals surface area contributed by atoms with E-state index in [2.05, 4.69) is 72.8 Å². The van der Waals surface area contributed by atoms with Crippen LogP contribution in [0.15, 0.2) is 84.9 Å². The monoisotopic (exact) mass is 306 g/mol. The van der Waals surface area contributed by atoms with Gasteiger partial charge in [0.05, 0.1) is 0 Å². The smallest absolute Gasteiger partial charge is 0.0178 e. The van der Waals surface area contributed by atoms with Crippen LogP contribution in [-0.4, -0.2) is 0 Å². The van der Waals surface area contributed by atoms with Gasteiger partial charge in [0, 0.05) is 0 Å². The second-order valence-corrected chi connectivity index (χ2v) is 4.31. The Hall–Kier alpha value is -2.34. The fourth-order valence-electron chi connectivity index (χ4n) is 2.14. The van der Waals surface area contributed by atoms with Gasteiger partial charge in [0.25, 0.3) is 0 Å². The molecule has 0 radical (unpaired) electrons. The molecule has 0 aliphatic heterocycles. The molecular formula is C23H30. The highest BCUT2D eigenvalue weighted by Crippen LogP contribution is 2.25. The zero-order valence-electron chi connectivity index (χ0n) is 14.1. The predicted molar refractivity (Wildman–Crippen MR) is 107 cm³/mol. The van der Waals surface area contributed by atoms with Crippen molar-refractivity contribution in [3.05, 3.63) is 84.9 Å². The molecule has 122 valence electrons. The van der Waals surface area contributed by atoms with Crippen molar-refractivity contribution in [2.75, 3.05) is 0 Å². The van der Waals surface area contributed by atoms with Gasteiger partial charge in [-0.25, -0.2) is 0 Å². The Labute approximate surface area is 142 Å². The van der Waals surface area contributed by atoms with E-state index in [9.17, 15) is 0 Å². The van der Waals surface area contributed by atoms with Crippen molar-refractivity contribution in [3.63, 3.8) is 0 Å². The van der Waals surface area contributed by atoms with Crippen LogP contribution in [0.2, 0.25) is 0 Å². The fourth-order valence-corrected chi connectivity index (χ4v) is 2.14. The Morgan fingerprint density at radius 2 is 0.696 bits per heavy atom. The van der Waals surface area contributed by atoms with Crippen LogP contribution < -0.4 is 0 Å². The lowest BCUT2D eigenvalue weighted by Gasteiger charge is -2.05. The molecule has 23 heavy (non-hydrogen) atoms. The van der Waals surface area contributed by atoms with Crippen molar-refractivity contribution in [1.82, 2.24) is 0 Å². The molecule has 0 saturated heterocycles. The molecule has 0 aliphatic rings. The summed E-state index contributed by atoms with van der Waals surface area (Å²) in [5.74, 6) is 0. The first-order chi connectivity index (χ1) is 10.9. The topological polar surface area (TPSA) is 0 Å². The number of hydrogen-bond acceptors (Lipinski definition) is 0. The molecule has 0 fully saturated rings. The molecule has 0 atom stereocenters. The zero-order valence-corrected chi connectivity index (χ0v) is 14.1. The molecule has 0 N–H and O–H groups in total. The lowest BCUT2D eigenvalue weighted by Crippen LogP contribution is -1.80. The lowest BCUT2D eigenvalue weighted by atomic mass is 9.99. The average Bonchev–Trinajstić information content (AvgIpc) is 2.67. The highest BCUT2D eigenvalue weighted by Gasteiger charge is 2.00. The summed E-state index contributed by atoms with van der Waals surface area (Å²) in [5.41, 5.74) is 5.04. The van der Waals surface area contributed by atoms with Gasteiger partial charge in [-0.3, -0.25) is 0 Å². The van der Waals surface area contributed by atoms with Gasteiger partial charge in [-0.1, -0.05) is 114 Å². The first-order valence-electron chi connectivity index (χ1n) is 8.14. The first kappa shape index (κ1) is 20.7. The molecule has 0 aliphatic carbocycles. The van der Waals surface area contributed by atoms with Gasteiger partial charge in [-0.05, 0) is 28.3 Å². The molecule has 0 heteroatoms. The SMILES string of the molecule is C.CC.CC.c1ccc(-c2cccc(-c3ccccc3)c2)cc1. The maximum atomic E-state index is 2.24. The van der Waals surface area contributed by atoms with Crippen LogP contribution in [0.3, 0.4) is 0 Å². The summed E-state index contributed by atoms with van der Waals surface area (Å²) in [4.78, 5) is 0. The minimum Gasteiger partial charge on any atom is -0.0776 e. The van der Waals surface area contributed by atoms with E-state index in [0.29, 0.717) is 0 Å². The van der Waals surface area contributed by atoms with E-state index in [4.69, 9.17) is 0 Å².